The van der Waals surface area contributed by atoms with Crippen molar-refractivity contribution in [2.45, 2.75) is 6.29 Å². The molecule has 0 aliphatic rings. The van der Waals surface area contributed by atoms with Crippen LogP contribution in [0, 0.1) is 5.82 Å². The van der Waals surface area contributed by atoms with Crippen molar-refractivity contribution in [2.75, 3.05) is 26.1 Å². The highest BCUT2D eigenvalue weighted by atomic mass is 35.5. The van der Waals surface area contributed by atoms with Crippen LogP contribution in [0.1, 0.15) is 0 Å². The van der Waals surface area contributed by atoms with Crippen LogP contribution in [0.4, 0.5) is 10.1 Å². The van der Waals surface area contributed by atoms with Crippen LogP contribution in [0.5, 0.6) is 0 Å². The normalized spacial score (nSPS) is 10.7. The summed E-state index contributed by atoms with van der Waals surface area (Å²) in [6.45, 7) is 0.439. The lowest BCUT2D eigenvalue weighted by Crippen LogP contribution is -2.23. The summed E-state index contributed by atoms with van der Waals surface area (Å²) in [6.07, 6.45) is -0.358. The molecule has 1 rings (SSSR count). The fourth-order valence-corrected chi connectivity index (χ4v) is 1.19. The van der Waals surface area contributed by atoms with Crippen LogP contribution in [0.15, 0.2) is 18.2 Å². The molecule has 1 aromatic carbocycles. The van der Waals surface area contributed by atoms with E-state index in [1.54, 1.807) is 6.07 Å². The zero-order valence-corrected chi connectivity index (χ0v) is 9.34. The highest BCUT2D eigenvalue weighted by molar-refractivity contribution is 6.30. The zero-order chi connectivity index (χ0) is 11.3. The number of benzene rings is 1. The minimum absolute atomic E-state index is 0.107. The first-order valence-electron chi connectivity index (χ1n) is 4.42. The van der Waals surface area contributed by atoms with Gasteiger partial charge in [0.05, 0.1) is 11.6 Å². The number of rotatable bonds is 5. The lowest BCUT2D eigenvalue weighted by molar-refractivity contribution is -0.0914. The summed E-state index contributed by atoms with van der Waals surface area (Å²) in [6, 6.07) is 4.51. The molecule has 0 saturated carbocycles. The Morgan fingerprint density at radius 3 is 2.60 bits per heavy atom. The summed E-state index contributed by atoms with van der Waals surface area (Å²) >= 11 is 5.55. The molecule has 0 saturated heterocycles. The third-order valence-electron chi connectivity index (χ3n) is 1.92. The molecule has 0 bridgehead atoms. The topological polar surface area (TPSA) is 30.5 Å². The first kappa shape index (κ1) is 12.2. The van der Waals surface area contributed by atoms with Gasteiger partial charge in [0.25, 0.3) is 0 Å². The van der Waals surface area contributed by atoms with Gasteiger partial charge in [-0.2, -0.15) is 0 Å². The summed E-state index contributed by atoms with van der Waals surface area (Å²) in [5.74, 6) is -0.451. The van der Waals surface area contributed by atoms with Gasteiger partial charge in [0.2, 0.25) is 0 Å². The smallest absolute Gasteiger partial charge is 0.173 e. The lowest BCUT2D eigenvalue weighted by atomic mass is 10.3. The molecule has 0 heterocycles. The van der Waals surface area contributed by atoms with Crippen LogP contribution >= 0.6 is 11.6 Å². The van der Waals surface area contributed by atoms with Gasteiger partial charge in [0.15, 0.2) is 6.29 Å². The van der Waals surface area contributed by atoms with Gasteiger partial charge in [-0.1, -0.05) is 11.6 Å². The maximum Gasteiger partial charge on any atom is 0.173 e. The first-order chi connectivity index (χ1) is 7.17. The molecule has 0 amide bonds. The predicted molar refractivity (Wildman–Crippen MR) is 57.7 cm³/mol. The summed E-state index contributed by atoms with van der Waals surface area (Å²) in [5.41, 5.74) is 0.635. The second-order valence-electron chi connectivity index (χ2n) is 2.91. The Morgan fingerprint density at radius 2 is 2.07 bits per heavy atom. The highest BCUT2D eigenvalue weighted by Gasteiger charge is 2.05. The molecule has 0 unspecified atom stereocenters. The van der Waals surface area contributed by atoms with E-state index in [4.69, 9.17) is 21.1 Å². The van der Waals surface area contributed by atoms with Crippen LogP contribution < -0.4 is 5.32 Å². The molecule has 3 nitrogen and oxygen atoms in total. The molecule has 0 atom stereocenters. The van der Waals surface area contributed by atoms with Crippen LogP contribution in [-0.4, -0.2) is 27.1 Å². The summed E-state index contributed by atoms with van der Waals surface area (Å²) < 4.78 is 23.0. The molecule has 1 aromatic rings. The average molecular weight is 234 g/mol. The van der Waals surface area contributed by atoms with Crippen molar-refractivity contribution in [1.82, 2.24) is 0 Å². The molecule has 0 aliphatic heterocycles. The SMILES string of the molecule is COC(CNc1ccc(Cl)c(F)c1)OC. The van der Waals surface area contributed by atoms with Crippen molar-refractivity contribution >= 4 is 17.3 Å². The van der Waals surface area contributed by atoms with E-state index < -0.39 is 5.82 Å². The van der Waals surface area contributed by atoms with Gasteiger partial charge >= 0.3 is 0 Å². The van der Waals surface area contributed by atoms with Gasteiger partial charge in [-0.25, -0.2) is 4.39 Å². The molecule has 84 valence electrons. The van der Waals surface area contributed by atoms with Crippen molar-refractivity contribution in [3.63, 3.8) is 0 Å². The molecule has 1 N–H and O–H groups in total. The third-order valence-corrected chi connectivity index (χ3v) is 2.22. The second kappa shape index (κ2) is 5.90. The van der Waals surface area contributed by atoms with Crippen molar-refractivity contribution in [3.8, 4) is 0 Å². The van der Waals surface area contributed by atoms with Gasteiger partial charge in [-0.05, 0) is 18.2 Å². The number of hydrogen-bond acceptors (Lipinski definition) is 3. The van der Waals surface area contributed by atoms with Gasteiger partial charge in [0.1, 0.15) is 5.82 Å². The maximum absolute atomic E-state index is 13.0. The maximum atomic E-state index is 13.0. The molecule has 0 aromatic heterocycles. The van der Waals surface area contributed by atoms with E-state index in [9.17, 15) is 4.39 Å². The van der Waals surface area contributed by atoms with E-state index in [0.717, 1.165) is 0 Å². The van der Waals surface area contributed by atoms with Gasteiger partial charge in [-0.15, -0.1) is 0 Å². The van der Waals surface area contributed by atoms with Gasteiger partial charge < -0.3 is 14.8 Å². The van der Waals surface area contributed by atoms with Crippen LogP contribution in [0.25, 0.3) is 0 Å². The van der Waals surface area contributed by atoms with Crippen molar-refractivity contribution < 1.29 is 13.9 Å². The molecule has 0 fully saturated rings. The van der Waals surface area contributed by atoms with Crippen LogP contribution in [-0.2, 0) is 9.47 Å². The number of halogens is 2. The fourth-order valence-electron chi connectivity index (χ4n) is 1.07. The Labute approximate surface area is 93.1 Å². The molecular formula is C10H13ClFNO2. The van der Waals surface area contributed by atoms with E-state index in [1.165, 1.54) is 26.4 Å². The van der Waals surface area contributed by atoms with Crippen molar-refractivity contribution in [2.24, 2.45) is 0 Å². The number of anilines is 1. The third kappa shape index (κ3) is 3.66. The monoisotopic (exact) mass is 233 g/mol. The van der Waals surface area contributed by atoms with Crippen molar-refractivity contribution in [1.29, 1.82) is 0 Å². The standard InChI is InChI=1S/C10H13ClFNO2/c1-14-10(15-2)6-13-7-3-4-8(11)9(12)5-7/h3-5,10,13H,6H2,1-2H3. The number of nitrogens with one attached hydrogen (secondary N) is 1. The molecule has 0 aliphatic carbocycles. The number of methoxy groups -OCH3 is 2. The molecule has 5 heteroatoms. The van der Waals surface area contributed by atoms with Gasteiger partial charge in [0, 0.05) is 19.9 Å². The Kier molecular flexibility index (Phi) is 4.81. The zero-order valence-electron chi connectivity index (χ0n) is 8.59. The minimum atomic E-state index is -0.451. The van der Waals surface area contributed by atoms with E-state index in [2.05, 4.69) is 5.32 Å². The van der Waals surface area contributed by atoms with Gasteiger partial charge in [-0.3, -0.25) is 0 Å². The van der Waals surface area contributed by atoms with E-state index in [-0.39, 0.29) is 11.3 Å². The Morgan fingerprint density at radius 1 is 1.40 bits per heavy atom. The Bertz CT molecular complexity index is 318. The molecule has 0 spiro atoms. The Balaban J connectivity index is 2.54. The summed E-state index contributed by atoms with van der Waals surface area (Å²) in [4.78, 5) is 0. The molecule has 15 heavy (non-hydrogen) atoms. The van der Waals surface area contributed by atoms with E-state index >= 15 is 0 Å². The minimum Gasteiger partial charge on any atom is -0.380 e. The average Bonchev–Trinajstić information content (AvgIpc) is 2.24. The van der Waals surface area contributed by atoms with Crippen LogP contribution in [0.2, 0.25) is 5.02 Å². The lowest BCUT2D eigenvalue weighted by Gasteiger charge is -2.14. The highest BCUT2D eigenvalue weighted by Crippen LogP contribution is 2.18. The predicted octanol–water partition coefficient (Wildman–Crippen LogP) is 2.51. The molecule has 0 radical (unpaired) electrons. The van der Waals surface area contributed by atoms with Crippen molar-refractivity contribution in [3.05, 3.63) is 29.0 Å². The first-order valence-corrected chi connectivity index (χ1v) is 4.79. The van der Waals surface area contributed by atoms with E-state index in [1.807, 2.05) is 0 Å². The van der Waals surface area contributed by atoms with Crippen LogP contribution in [0.3, 0.4) is 0 Å². The quantitative estimate of drug-likeness (QED) is 0.793. The second-order valence-corrected chi connectivity index (χ2v) is 3.32. The number of hydrogen-bond donors (Lipinski definition) is 1. The largest absolute Gasteiger partial charge is 0.380 e. The summed E-state index contributed by atoms with van der Waals surface area (Å²) in [7, 11) is 3.08. The van der Waals surface area contributed by atoms with E-state index in [0.29, 0.717) is 12.2 Å². The molecular weight excluding hydrogens is 221 g/mol. The fraction of sp³-hybridized carbons (Fsp3) is 0.400. The number of ether oxygens (including phenoxy) is 2. The summed E-state index contributed by atoms with van der Waals surface area (Å²) in [5, 5.41) is 3.07. The Hall–Kier alpha value is -0.840.